The molecule has 1 spiro atoms. The third-order valence-electron chi connectivity index (χ3n) is 5.01. The summed E-state index contributed by atoms with van der Waals surface area (Å²) in [5.41, 5.74) is 0.202. The Labute approximate surface area is 131 Å². The molecule has 0 aromatic carbocycles. The maximum Gasteiger partial charge on any atom is 0.159 e. The van der Waals surface area contributed by atoms with E-state index in [0.717, 1.165) is 39.1 Å². The first-order valence-corrected chi connectivity index (χ1v) is 8.49. The summed E-state index contributed by atoms with van der Waals surface area (Å²) < 4.78 is 33.4. The van der Waals surface area contributed by atoms with Gasteiger partial charge in [0.05, 0.1) is 58.5 Å². The first-order chi connectivity index (χ1) is 10.8. The lowest BCUT2D eigenvalue weighted by Gasteiger charge is -2.41. The molecule has 3 unspecified atom stereocenters. The second-order valence-electron chi connectivity index (χ2n) is 6.94. The monoisotopic (exact) mass is 314 g/mol. The number of hydrogen-bond acceptors (Lipinski definition) is 6. The average molecular weight is 314 g/mol. The van der Waals surface area contributed by atoms with Crippen molar-refractivity contribution in [3.8, 4) is 0 Å². The van der Waals surface area contributed by atoms with E-state index in [2.05, 4.69) is 0 Å². The van der Waals surface area contributed by atoms with Crippen molar-refractivity contribution in [2.45, 2.75) is 50.3 Å². The van der Waals surface area contributed by atoms with Crippen LogP contribution in [0.3, 0.4) is 0 Å². The Morgan fingerprint density at radius 3 is 2.55 bits per heavy atom. The van der Waals surface area contributed by atoms with Crippen molar-refractivity contribution in [3.63, 3.8) is 0 Å². The molecule has 3 heterocycles. The highest BCUT2D eigenvalue weighted by Crippen LogP contribution is 2.48. The van der Waals surface area contributed by atoms with Crippen LogP contribution in [0.1, 0.15) is 25.7 Å². The van der Waals surface area contributed by atoms with Crippen LogP contribution < -0.4 is 0 Å². The predicted octanol–water partition coefficient (Wildman–Crippen LogP) is 1.12. The molecule has 0 aromatic rings. The van der Waals surface area contributed by atoms with Crippen molar-refractivity contribution in [3.05, 3.63) is 0 Å². The second kappa shape index (κ2) is 6.71. The summed E-state index contributed by atoms with van der Waals surface area (Å²) >= 11 is 0. The van der Waals surface area contributed by atoms with Gasteiger partial charge in [0, 0.05) is 11.8 Å². The summed E-state index contributed by atoms with van der Waals surface area (Å²) in [6.07, 6.45) is 5.42. The first-order valence-electron chi connectivity index (χ1n) is 8.49. The zero-order valence-corrected chi connectivity index (χ0v) is 13.0. The minimum atomic E-state index is -0.121. The van der Waals surface area contributed by atoms with E-state index in [4.69, 9.17) is 28.4 Å². The zero-order chi connectivity index (χ0) is 14.8. The average Bonchev–Trinajstić information content (AvgIpc) is 3.43. The molecule has 126 valence electrons. The van der Waals surface area contributed by atoms with Crippen LogP contribution in [0.2, 0.25) is 0 Å². The van der Waals surface area contributed by atoms with Gasteiger partial charge in [-0.3, -0.25) is 0 Å². The Bertz CT molecular complexity index is 364. The quantitative estimate of drug-likeness (QED) is 0.494. The third-order valence-corrected chi connectivity index (χ3v) is 5.01. The maximum absolute atomic E-state index is 5.90. The predicted molar refractivity (Wildman–Crippen MR) is 76.6 cm³/mol. The first kappa shape index (κ1) is 15.3. The van der Waals surface area contributed by atoms with Gasteiger partial charge in [-0.1, -0.05) is 0 Å². The van der Waals surface area contributed by atoms with Crippen LogP contribution in [-0.4, -0.2) is 70.9 Å². The lowest BCUT2D eigenvalue weighted by Crippen LogP contribution is -2.44. The van der Waals surface area contributed by atoms with Gasteiger partial charge in [-0.15, -0.1) is 0 Å². The fourth-order valence-electron chi connectivity index (χ4n) is 3.43. The fourth-order valence-corrected chi connectivity index (χ4v) is 3.43. The molecule has 1 saturated carbocycles. The summed E-state index contributed by atoms with van der Waals surface area (Å²) in [5, 5.41) is 0. The molecule has 0 bridgehead atoms. The molecule has 6 nitrogen and oxygen atoms in total. The summed E-state index contributed by atoms with van der Waals surface area (Å²) in [4.78, 5) is 0. The van der Waals surface area contributed by atoms with E-state index in [0.29, 0.717) is 44.7 Å². The van der Waals surface area contributed by atoms with E-state index >= 15 is 0 Å². The number of epoxide rings is 2. The van der Waals surface area contributed by atoms with Crippen molar-refractivity contribution < 1.29 is 28.4 Å². The lowest BCUT2D eigenvalue weighted by molar-refractivity contribution is -0.239. The van der Waals surface area contributed by atoms with Crippen LogP contribution in [0.5, 0.6) is 0 Å². The highest BCUT2D eigenvalue weighted by atomic mass is 16.7. The molecular weight excluding hydrogens is 288 g/mol. The van der Waals surface area contributed by atoms with Gasteiger partial charge in [0.2, 0.25) is 0 Å². The van der Waals surface area contributed by atoms with E-state index in [1.54, 1.807) is 0 Å². The van der Waals surface area contributed by atoms with Gasteiger partial charge in [-0.25, -0.2) is 0 Å². The normalized spacial score (nSPS) is 43.1. The maximum atomic E-state index is 5.90. The number of rotatable bonds is 8. The fraction of sp³-hybridized carbons (Fsp3) is 1.00. The molecule has 3 atom stereocenters. The molecule has 1 aliphatic carbocycles. The molecule has 4 rings (SSSR count). The number of fused-ring (bicyclic) bond motifs is 1. The minimum Gasteiger partial charge on any atom is -0.379 e. The number of ether oxygens (including phenoxy) is 6. The van der Waals surface area contributed by atoms with Gasteiger partial charge in [0.15, 0.2) is 6.29 Å². The Morgan fingerprint density at radius 2 is 1.77 bits per heavy atom. The molecule has 0 radical (unpaired) electrons. The van der Waals surface area contributed by atoms with Crippen molar-refractivity contribution >= 4 is 0 Å². The highest BCUT2D eigenvalue weighted by molar-refractivity contribution is 4.99. The zero-order valence-electron chi connectivity index (χ0n) is 13.0. The third kappa shape index (κ3) is 3.99. The molecule has 6 heteroatoms. The Kier molecular flexibility index (Phi) is 4.66. The molecule has 4 aliphatic rings. The van der Waals surface area contributed by atoms with Gasteiger partial charge >= 0.3 is 0 Å². The summed E-state index contributed by atoms with van der Waals surface area (Å²) in [7, 11) is 0. The molecule has 3 aliphatic heterocycles. The van der Waals surface area contributed by atoms with Gasteiger partial charge in [-0.2, -0.15) is 0 Å². The van der Waals surface area contributed by atoms with Crippen molar-refractivity contribution in [1.29, 1.82) is 0 Å². The van der Waals surface area contributed by atoms with Crippen molar-refractivity contribution in [2.75, 3.05) is 46.2 Å². The topological polar surface area (TPSA) is 62.0 Å². The van der Waals surface area contributed by atoms with Gasteiger partial charge < -0.3 is 28.4 Å². The standard InChI is InChI=1S/C16H26O6/c1-3-16(7-14-13(1)22-14)10-20-15(21-11-16)2-4-17-5-6-18-8-12-9-19-12/h12-15H,1-11H2. The lowest BCUT2D eigenvalue weighted by atomic mass is 9.75. The summed E-state index contributed by atoms with van der Waals surface area (Å²) in [6.45, 7) is 5.01. The number of hydrogen-bond donors (Lipinski definition) is 0. The highest BCUT2D eigenvalue weighted by Gasteiger charge is 2.52. The van der Waals surface area contributed by atoms with E-state index in [1.165, 1.54) is 6.42 Å². The van der Waals surface area contributed by atoms with Crippen LogP contribution in [0.25, 0.3) is 0 Å². The smallest absolute Gasteiger partial charge is 0.159 e. The van der Waals surface area contributed by atoms with Crippen molar-refractivity contribution in [2.24, 2.45) is 5.41 Å². The largest absolute Gasteiger partial charge is 0.379 e. The molecule has 22 heavy (non-hydrogen) atoms. The van der Waals surface area contributed by atoms with Gasteiger partial charge in [0.1, 0.15) is 6.10 Å². The minimum absolute atomic E-state index is 0.121. The molecule has 0 amide bonds. The Balaban J connectivity index is 1.04. The van der Waals surface area contributed by atoms with E-state index in [9.17, 15) is 0 Å². The van der Waals surface area contributed by atoms with Gasteiger partial charge in [0.25, 0.3) is 0 Å². The molecular formula is C16H26O6. The van der Waals surface area contributed by atoms with Crippen LogP contribution in [0.15, 0.2) is 0 Å². The Hall–Kier alpha value is -0.240. The van der Waals surface area contributed by atoms with Crippen LogP contribution >= 0.6 is 0 Å². The van der Waals surface area contributed by atoms with E-state index in [1.807, 2.05) is 0 Å². The van der Waals surface area contributed by atoms with E-state index < -0.39 is 0 Å². The molecule has 4 fully saturated rings. The SMILES string of the molecule is C(COCC1CO1)OCCC1OCC2(CCC3OC3C2)CO1. The molecule has 3 saturated heterocycles. The van der Waals surface area contributed by atoms with Crippen LogP contribution in [0.4, 0.5) is 0 Å². The Morgan fingerprint density at radius 1 is 0.955 bits per heavy atom. The van der Waals surface area contributed by atoms with Crippen LogP contribution in [0, 0.1) is 5.41 Å². The summed E-state index contributed by atoms with van der Waals surface area (Å²) in [5.74, 6) is 0. The van der Waals surface area contributed by atoms with E-state index in [-0.39, 0.29) is 11.7 Å². The van der Waals surface area contributed by atoms with Crippen molar-refractivity contribution in [1.82, 2.24) is 0 Å². The summed E-state index contributed by atoms with van der Waals surface area (Å²) in [6, 6.07) is 0. The van der Waals surface area contributed by atoms with Crippen LogP contribution in [-0.2, 0) is 28.4 Å². The van der Waals surface area contributed by atoms with Gasteiger partial charge in [-0.05, 0) is 19.3 Å². The molecule has 0 aromatic heterocycles. The molecule has 0 N–H and O–H groups in total. The second-order valence-corrected chi connectivity index (χ2v) is 6.94.